The molecule has 0 spiro atoms. The predicted molar refractivity (Wildman–Crippen MR) is 87.1 cm³/mol. The molecule has 1 aliphatic carbocycles. The summed E-state index contributed by atoms with van der Waals surface area (Å²) in [5.74, 6) is 0.0358. The van der Waals surface area contributed by atoms with Crippen LogP contribution >= 0.6 is 11.3 Å². The average Bonchev–Trinajstić information content (AvgIpc) is 3.17. The molecule has 1 heterocycles. The molecule has 1 saturated carbocycles. The molecular weight excluding hydrogens is 308 g/mol. The van der Waals surface area contributed by atoms with Crippen LogP contribution in [-0.4, -0.2) is 33.5 Å². The van der Waals surface area contributed by atoms with Crippen LogP contribution in [0, 0.1) is 5.92 Å². The largest absolute Gasteiger partial charge is 0.396 e. The van der Waals surface area contributed by atoms with Gasteiger partial charge in [-0.15, -0.1) is 11.3 Å². The second-order valence-corrected chi connectivity index (χ2v) is 8.42. The van der Waals surface area contributed by atoms with Crippen molar-refractivity contribution in [3.8, 4) is 0 Å². The zero-order chi connectivity index (χ0) is 15.8. The number of thiophene rings is 1. The van der Waals surface area contributed by atoms with Gasteiger partial charge >= 0.3 is 0 Å². The Hall–Kier alpha value is -1.08. The molecule has 0 aliphatic heterocycles. The average molecular weight is 330 g/mol. The van der Waals surface area contributed by atoms with Gasteiger partial charge in [-0.1, -0.05) is 6.92 Å². The third-order valence-electron chi connectivity index (χ3n) is 3.59. The van der Waals surface area contributed by atoms with Gasteiger partial charge in [0.05, 0.1) is 10.6 Å². The van der Waals surface area contributed by atoms with E-state index >= 15 is 0 Å². The number of hydrogen-bond donors (Lipinski definition) is 1. The maximum absolute atomic E-state index is 12.3. The van der Waals surface area contributed by atoms with E-state index in [1.807, 2.05) is 18.7 Å². The van der Waals surface area contributed by atoms with Crippen molar-refractivity contribution in [2.24, 2.45) is 5.92 Å². The second-order valence-electron chi connectivity index (χ2n) is 5.47. The predicted octanol–water partition coefficient (Wildman–Crippen LogP) is 2.56. The van der Waals surface area contributed by atoms with Crippen LogP contribution in [0.1, 0.15) is 42.8 Å². The lowest BCUT2D eigenvalue weighted by molar-refractivity contribution is 0.0972. The van der Waals surface area contributed by atoms with E-state index in [1.54, 1.807) is 0 Å². The molecular formula is C14H22N2O3S2. The molecule has 0 bridgehead atoms. The van der Waals surface area contributed by atoms with Gasteiger partial charge in [0.15, 0.2) is 15.6 Å². The van der Waals surface area contributed by atoms with E-state index in [0.717, 1.165) is 32.1 Å². The number of rotatable bonds is 7. The van der Waals surface area contributed by atoms with Gasteiger partial charge in [0, 0.05) is 25.3 Å². The summed E-state index contributed by atoms with van der Waals surface area (Å²) < 4.78 is 24.2. The Balaban J connectivity index is 2.56. The van der Waals surface area contributed by atoms with Gasteiger partial charge < -0.3 is 10.6 Å². The highest BCUT2D eigenvalue weighted by Gasteiger charge is 2.36. The summed E-state index contributed by atoms with van der Waals surface area (Å²) in [5, 5.41) is 0.614. The van der Waals surface area contributed by atoms with Crippen LogP contribution in [0.3, 0.4) is 0 Å². The monoisotopic (exact) mass is 330 g/mol. The number of carbonyl (C=O) groups excluding carboxylic acids is 1. The molecule has 7 heteroatoms. The Kier molecular flexibility index (Phi) is 4.63. The maximum Gasteiger partial charge on any atom is 0.180 e. The number of nitrogens with two attached hydrogens (primary N) is 1. The lowest BCUT2D eigenvalue weighted by atomic mass is 10.2. The summed E-state index contributed by atoms with van der Waals surface area (Å²) in [5.41, 5.74) is 6.17. The topological polar surface area (TPSA) is 80.5 Å². The van der Waals surface area contributed by atoms with Crippen molar-refractivity contribution in [2.45, 2.75) is 38.0 Å². The van der Waals surface area contributed by atoms with Crippen molar-refractivity contribution in [1.82, 2.24) is 0 Å². The van der Waals surface area contributed by atoms with Gasteiger partial charge in [-0.2, -0.15) is 0 Å². The highest BCUT2D eigenvalue weighted by Crippen LogP contribution is 2.45. The molecule has 2 rings (SSSR count). The number of nitrogens with zero attached hydrogens (tertiary/aromatic N) is 1. The van der Waals surface area contributed by atoms with Crippen LogP contribution < -0.4 is 10.6 Å². The van der Waals surface area contributed by atoms with Gasteiger partial charge in [-0.25, -0.2) is 8.42 Å². The molecule has 0 aromatic carbocycles. The minimum atomic E-state index is -3.46. The molecule has 5 nitrogen and oxygen atoms in total. The summed E-state index contributed by atoms with van der Waals surface area (Å²) >= 11 is 1.23. The van der Waals surface area contributed by atoms with E-state index in [2.05, 4.69) is 0 Å². The summed E-state index contributed by atoms with van der Waals surface area (Å²) in [6.07, 6.45) is 3.82. The van der Waals surface area contributed by atoms with Gasteiger partial charge in [0.2, 0.25) is 0 Å². The minimum absolute atomic E-state index is 0.00111. The SMILES string of the molecule is CCCN(CC)c1sc(C(=O)C2CC2)c(N)c1S(C)(=O)=O. The fourth-order valence-electron chi connectivity index (χ4n) is 2.37. The van der Waals surface area contributed by atoms with Crippen molar-refractivity contribution in [2.75, 3.05) is 30.0 Å². The lowest BCUT2D eigenvalue weighted by Gasteiger charge is -2.21. The third-order valence-corrected chi connectivity index (χ3v) is 6.15. The maximum atomic E-state index is 12.3. The van der Waals surface area contributed by atoms with Crippen molar-refractivity contribution in [3.05, 3.63) is 4.88 Å². The van der Waals surface area contributed by atoms with E-state index in [-0.39, 0.29) is 22.3 Å². The second kappa shape index (κ2) is 5.96. The number of Topliss-reactive ketones (excluding diaryl/α,β-unsaturated/α-hetero) is 1. The van der Waals surface area contributed by atoms with Crippen LogP contribution in [-0.2, 0) is 9.84 Å². The molecule has 0 radical (unpaired) electrons. The highest BCUT2D eigenvalue weighted by atomic mass is 32.2. The molecule has 1 aromatic rings. The van der Waals surface area contributed by atoms with E-state index in [4.69, 9.17) is 5.73 Å². The first kappa shape index (κ1) is 16.3. The van der Waals surface area contributed by atoms with E-state index in [1.165, 1.54) is 11.3 Å². The Bertz CT molecular complexity index is 645. The summed E-state index contributed by atoms with van der Waals surface area (Å²) in [4.78, 5) is 14.8. The Morgan fingerprint density at radius 2 is 2.00 bits per heavy atom. The van der Waals surface area contributed by atoms with Gasteiger partial charge in [0.25, 0.3) is 0 Å². The van der Waals surface area contributed by atoms with Gasteiger partial charge in [-0.3, -0.25) is 4.79 Å². The third kappa shape index (κ3) is 3.23. The molecule has 0 atom stereocenters. The van der Waals surface area contributed by atoms with Crippen LogP contribution in [0.5, 0.6) is 0 Å². The van der Waals surface area contributed by atoms with Crippen molar-refractivity contribution >= 4 is 37.6 Å². The summed E-state index contributed by atoms with van der Waals surface area (Å²) in [6, 6.07) is 0. The van der Waals surface area contributed by atoms with Gasteiger partial charge in [0.1, 0.15) is 9.90 Å². The number of anilines is 2. The number of carbonyl (C=O) groups is 1. The quantitative estimate of drug-likeness (QED) is 0.777. The van der Waals surface area contributed by atoms with E-state index in [9.17, 15) is 13.2 Å². The van der Waals surface area contributed by atoms with Crippen molar-refractivity contribution < 1.29 is 13.2 Å². The van der Waals surface area contributed by atoms with E-state index in [0.29, 0.717) is 16.4 Å². The Morgan fingerprint density at radius 3 is 2.43 bits per heavy atom. The molecule has 118 valence electrons. The number of sulfone groups is 1. The van der Waals surface area contributed by atoms with Crippen LogP contribution in [0.2, 0.25) is 0 Å². The number of nitrogen functional groups attached to an aromatic ring is 1. The number of ketones is 1. The summed E-state index contributed by atoms with van der Waals surface area (Å²) in [7, 11) is -3.46. The Morgan fingerprint density at radius 1 is 1.38 bits per heavy atom. The van der Waals surface area contributed by atoms with Crippen LogP contribution in [0.25, 0.3) is 0 Å². The number of hydrogen-bond acceptors (Lipinski definition) is 6. The normalized spacial score (nSPS) is 15.2. The molecule has 1 aromatic heterocycles. The summed E-state index contributed by atoms with van der Waals surface area (Å²) in [6.45, 7) is 5.44. The molecule has 1 fully saturated rings. The van der Waals surface area contributed by atoms with E-state index < -0.39 is 9.84 Å². The first-order chi connectivity index (χ1) is 9.81. The molecule has 2 N–H and O–H groups in total. The molecule has 0 unspecified atom stereocenters. The van der Waals surface area contributed by atoms with Crippen LogP contribution in [0.4, 0.5) is 10.7 Å². The van der Waals surface area contributed by atoms with Gasteiger partial charge in [-0.05, 0) is 26.2 Å². The smallest absolute Gasteiger partial charge is 0.180 e. The highest BCUT2D eigenvalue weighted by molar-refractivity contribution is 7.91. The molecule has 1 aliphatic rings. The fraction of sp³-hybridized carbons (Fsp3) is 0.643. The van der Waals surface area contributed by atoms with Crippen molar-refractivity contribution in [1.29, 1.82) is 0 Å². The zero-order valence-electron chi connectivity index (χ0n) is 12.7. The van der Waals surface area contributed by atoms with Crippen molar-refractivity contribution in [3.63, 3.8) is 0 Å². The van der Waals surface area contributed by atoms with Crippen LogP contribution in [0.15, 0.2) is 4.90 Å². The molecule has 0 saturated heterocycles. The molecule has 0 amide bonds. The lowest BCUT2D eigenvalue weighted by Crippen LogP contribution is -2.24. The Labute approximate surface area is 130 Å². The first-order valence-electron chi connectivity index (χ1n) is 7.22. The first-order valence-corrected chi connectivity index (χ1v) is 9.93. The standard InChI is InChI=1S/C14H22N2O3S2/c1-4-8-16(5-2)14-13(21(3,18)19)10(15)12(20-14)11(17)9-6-7-9/h9H,4-8,15H2,1-3H3. The fourth-order valence-corrected chi connectivity index (χ4v) is 5.19. The molecule has 21 heavy (non-hydrogen) atoms. The zero-order valence-corrected chi connectivity index (χ0v) is 14.3. The minimum Gasteiger partial charge on any atom is -0.396 e.